The largest absolute Gasteiger partial charge is 0.485 e. The van der Waals surface area contributed by atoms with Gasteiger partial charge in [0.15, 0.2) is 12.1 Å². The molecule has 264 valence electrons. The molecule has 2 aromatic carbocycles. The minimum atomic E-state index is -1.01. The first-order chi connectivity index (χ1) is 22.3. The van der Waals surface area contributed by atoms with Crippen LogP contribution in [0.25, 0.3) is 11.0 Å². The summed E-state index contributed by atoms with van der Waals surface area (Å²) in [6.07, 6.45) is -1.89. The summed E-state index contributed by atoms with van der Waals surface area (Å²) in [6, 6.07) is 15.7. The number of fused-ring (bicyclic) bond motifs is 3. The minimum Gasteiger partial charge on any atom is -0.485 e. The molecule has 0 saturated carbocycles. The summed E-state index contributed by atoms with van der Waals surface area (Å²) in [7, 11) is 4.01. The number of aliphatic hydroxyl groups excluding tert-OH is 2. The van der Waals surface area contributed by atoms with Crippen LogP contribution in [0.2, 0.25) is 0 Å². The third kappa shape index (κ3) is 8.93. The Hall–Kier alpha value is -3.07. The van der Waals surface area contributed by atoms with Gasteiger partial charge in [-0.15, -0.1) is 12.4 Å². The van der Waals surface area contributed by atoms with Crippen LogP contribution in [-0.4, -0.2) is 103 Å². The van der Waals surface area contributed by atoms with E-state index in [2.05, 4.69) is 4.90 Å². The SMILES string of the molecule is CC(C)(OC(=O)c1ccccc1)C1Cc2cc3ccc(=O)oc3cc2O1.CN(C)CCCOC1C(C(O)CO)OC2OC(C)(C)OC21.Cl. The van der Waals surface area contributed by atoms with Gasteiger partial charge in [-0.05, 0) is 84.6 Å². The fourth-order valence-corrected chi connectivity index (χ4v) is 5.84. The molecule has 0 aliphatic carbocycles. The third-order valence-corrected chi connectivity index (χ3v) is 8.27. The van der Waals surface area contributed by atoms with Gasteiger partial charge in [-0.3, -0.25) is 0 Å². The number of carbonyl (C=O) groups is 1. The number of carbonyl (C=O) groups excluding carboxylic acids is 1. The second-order valence-corrected chi connectivity index (χ2v) is 13.2. The van der Waals surface area contributed by atoms with Gasteiger partial charge in [0.05, 0.1) is 12.2 Å². The van der Waals surface area contributed by atoms with E-state index in [9.17, 15) is 14.7 Å². The molecule has 6 atom stereocenters. The van der Waals surface area contributed by atoms with E-state index in [1.807, 2.05) is 53.9 Å². The number of ether oxygens (including phenoxy) is 6. The maximum Gasteiger partial charge on any atom is 0.338 e. The molecule has 2 saturated heterocycles. The summed E-state index contributed by atoms with van der Waals surface area (Å²) in [4.78, 5) is 25.9. The predicted molar refractivity (Wildman–Crippen MR) is 178 cm³/mol. The molecule has 0 amide bonds. The average Bonchev–Trinajstić information content (AvgIpc) is 3.68. The summed E-state index contributed by atoms with van der Waals surface area (Å²) in [6.45, 7) is 8.37. The molecule has 0 bridgehead atoms. The highest BCUT2D eigenvalue weighted by molar-refractivity contribution is 5.89. The minimum absolute atomic E-state index is 0. The van der Waals surface area contributed by atoms with Gasteiger partial charge < -0.3 is 48.0 Å². The van der Waals surface area contributed by atoms with Crippen molar-refractivity contribution in [3.63, 3.8) is 0 Å². The van der Waals surface area contributed by atoms with Crippen LogP contribution < -0.4 is 10.4 Å². The maximum atomic E-state index is 12.4. The molecule has 6 rings (SSSR count). The van der Waals surface area contributed by atoms with Gasteiger partial charge in [-0.2, -0.15) is 0 Å². The second-order valence-electron chi connectivity index (χ2n) is 13.2. The lowest BCUT2D eigenvalue weighted by atomic mass is 9.96. The molecule has 6 unspecified atom stereocenters. The quantitative estimate of drug-likeness (QED) is 0.182. The first-order valence-electron chi connectivity index (χ1n) is 15.8. The number of esters is 1. The number of hydrogen-bond acceptors (Lipinski definition) is 12. The predicted octanol–water partition coefficient (Wildman–Crippen LogP) is 3.71. The van der Waals surface area contributed by atoms with Crippen LogP contribution in [-0.2, 0) is 30.1 Å². The van der Waals surface area contributed by atoms with Crippen LogP contribution in [0, 0.1) is 0 Å². The summed E-state index contributed by atoms with van der Waals surface area (Å²) in [5, 5.41) is 19.9. The molecule has 2 N–H and O–H groups in total. The van der Waals surface area contributed by atoms with Crippen molar-refractivity contribution in [2.75, 3.05) is 33.9 Å². The van der Waals surface area contributed by atoms with Crippen molar-refractivity contribution in [1.82, 2.24) is 4.90 Å². The fourth-order valence-electron chi connectivity index (χ4n) is 5.84. The van der Waals surface area contributed by atoms with Crippen molar-refractivity contribution in [1.29, 1.82) is 0 Å². The van der Waals surface area contributed by atoms with Crippen LogP contribution >= 0.6 is 12.4 Å². The van der Waals surface area contributed by atoms with Crippen LogP contribution in [0.4, 0.5) is 0 Å². The van der Waals surface area contributed by atoms with E-state index in [0.717, 1.165) is 23.9 Å². The number of rotatable bonds is 10. The van der Waals surface area contributed by atoms with E-state index in [1.54, 1.807) is 36.4 Å². The van der Waals surface area contributed by atoms with E-state index >= 15 is 0 Å². The number of hydrogen-bond donors (Lipinski definition) is 2. The van der Waals surface area contributed by atoms with Crippen molar-refractivity contribution in [3.8, 4) is 5.75 Å². The maximum absolute atomic E-state index is 12.4. The lowest BCUT2D eigenvalue weighted by Gasteiger charge is -2.30. The van der Waals surface area contributed by atoms with Crippen LogP contribution in [0.3, 0.4) is 0 Å². The van der Waals surface area contributed by atoms with Gasteiger partial charge in [-0.1, -0.05) is 18.2 Å². The van der Waals surface area contributed by atoms with E-state index in [0.29, 0.717) is 29.9 Å². The molecule has 3 aromatic rings. The van der Waals surface area contributed by atoms with Crippen LogP contribution in [0.5, 0.6) is 5.75 Å². The second kappa shape index (κ2) is 15.6. The van der Waals surface area contributed by atoms with E-state index in [4.69, 9.17) is 37.9 Å². The Kier molecular flexibility index (Phi) is 12.3. The summed E-state index contributed by atoms with van der Waals surface area (Å²) in [5.41, 5.74) is 0.766. The highest BCUT2D eigenvalue weighted by Crippen LogP contribution is 2.40. The van der Waals surface area contributed by atoms with E-state index < -0.39 is 41.6 Å². The molecule has 0 spiro atoms. The zero-order chi connectivity index (χ0) is 33.9. The number of aliphatic hydroxyl groups is 2. The first-order valence-corrected chi connectivity index (χ1v) is 15.8. The lowest BCUT2D eigenvalue weighted by molar-refractivity contribution is -0.231. The van der Waals surface area contributed by atoms with Gasteiger partial charge in [0.1, 0.15) is 47.5 Å². The van der Waals surface area contributed by atoms with Crippen molar-refractivity contribution in [2.24, 2.45) is 0 Å². The lowest BCUT2D eigenvalue weighted by Crippen LogP contribution is -2.44. The molecule has 13 heteroatoms. The highest BCUT2D eigenvalue weighted by atomic mass is 35.5. The molecular weight excluding hydrogens is 646 g/mol. The number of benzene rings is 2. The average molecular weight is 692 g/mol. The smallest absolute Gasteiger partial charge is 0.338 e. The van der Waals surface area contributed by atoms with Crippen LogP contribution in [0.15, 0.2) is 63.8 Å². The van der Waals surface area contributed by atoms with Gasteiger partial charge in [-0.25, -0.2) is 9.59 Å². The zero-order valence-electron chi connectivity index (χ0n) is 28.1. The Bertz CT molecular complexity index is 1580. The van der Waals surface area contributed by atoms with Gasteiger partial charge in [0.25, 0.3) is 0 Å². The fraction of sp³-hybridized carbons (Fsp3) is 0.543. The normalized spacial score (nSPS) is 24.6. The Morgan fingerprint density at radius 2 is 1.83 bits per heavy atom. The first kappa shape index (κ1) is 37.7. The summed E-state index contributed by atoms with van der Waals surface area (Å²) in [5.74, 6) is -0.456. The van der Waals surface area contributed by atoms with Gasteiger partial charge >= 0.3 is 11.6 Å². The standard InChI is InChI=1S/C21H18O5.C14H27NO6.ClH/c1-21(2,26-20(23)13-6-4-3-5-7-13)18-11-15-10-14-8-9-19(22)25-16(14)12-17(15)24-18;1-14(2)20-12-11(18-7-5-6-15(3)4)10(9(17)8-16)19-13(12)21-14;/h3-10,12,18H,11H2,1-2H3;9-13,16-17H,5-8H2,1-4H3;1H. The Balaban J connectivity index is 0.000000218. The molecule has 2 fully saturated rings. The van der Waals surface area contributed by atoms with Crippen molar-refractivity contribution < 1.29 is 47.8 Å². The highest BCUT2D eigenvalue weighted by Gasteiger charge is 2.57. The Morgan fingerprint density at radius 3 is 2.52 bits per heavy atom. The molecule has 0 radical (unpaired) electrons. The number of halogens is 1. The summed E-state index contributed by atoms with van der Waals surface area (Å²) < 4.78 is 39.9. The summed E-state index contributed by atoms with van der Waals surface area (Å²) >= 11 is 0. The molecule has 3 aliphatic heterocycles. The number of nitrogens with zero attached hydrogens (tertiary/aromatic N) is 1. The zero-order valence-corrected chi connectivity index (χ0v) is 28.9. The van der Waals surface area contributed by atoms with Crippen molar-refractivity contribution >= 4 is 29.3 Å². The Morgan fingerprint density at radius 1 is 1.10 bits per heavy atom. The topological polar surface area (TPSA) is 146 Å². The monoisotopic (exact) mass is 691 g/mol. The molecule has 3 aliphatic rings. The third-order valence-electron chi connectivity index (χ3n) is 8.27. The van der Waals surface area contributed by atoms with Gasteiger partial charge in [0, 0.05) is 30.5 Å². The molecule has 12 nitrogen and oxygen atoms in total. The van der Waals surface area contributed by atoms with Crippen molar-refractivity contribution in [3.05, 3.63) is 76.1 Å². The van der Waals surface area contributed by atoms with E-state index in [1.165, 1.54) is 6.07 Å². The molecule has 4 heterocycles. The van der Waals surface area contributed by atoms with Crippen molar-refractivity contribution in [2.45, 2.75) is 88.7 Å². The van der Waals surface area contributed by atoms with Crippen LogP contribution in [0.1, 0.15) is 50.0 Å². The molecule has 1 aromatic heterocycles. The Labute approximate surface area is 286 Å². The van der Waals surface area contributed by atoms with Gasteiger partial charge in [0.2, 0.25) is 0 Å². The molecular formula is C35H46ClNO11. The molecule has 48 heavy (non-hydrogen) atoms. The van der Waals surface area contributed by atoms with E-state index in [-0.39, 0.29) is 37.2 Å².